The Morgan fingerprint density at radius 1 is 1.00 bits per heavy atom. The Labute approximate surface area is 185 Å². The van der Waals surface area contributed by atoms with Crippen LogP contribution in [-0.4, -0.2) is 50.6 Å². The second-order valence-electron chi connectivity index (χ2n) is 6.42. The number of aromatic nitrogens is 2. The minimum Gasteiger partial charge on any atom is -0.497 e. The molecule has 0 saturated heterocycles. The highest BCUT2D eigenvalue weighted by molar-refractivity contribution is 7.92. The lowest BCUT2D eigenvalue weighted by molar-refractivity contribution is -0.114. The number of rotatable bonds is 10. The van der Waals surface area contributed by atoms with Crippen LogP contribution in [0.3, 0.4) is 0 Å². The Hall–Kier alpha value is -3.60. The first-order chi connectivity index (χ1) is 15.4. The molecule has 10 nitrogen and oxygen atoms in total. The van der Waals surface area contributed by atoms with Gasteiger partial charge in [0.2, 0.25) is 11.8 Å². The van der Waals surface area contributed by atoms with Crippen molar-refractivity contribution in [3.63, 3.8) is 0 Å². The summed E-state index contributed by atoms with van der Waals surface area (Å²) in [5.74, 6) is 0.138. The molecule has 0 unspecified atom stereocenters. The van der Waals surface area contributed by atoms with Crippen LogP contribution in [0.4, 0.5) is 6.01 Å². The predicted molar refractivity (Wildman–Crippen MR) is 116 cm³/mol. The Balaban J connectivity index is 1.70. The molecule has 0 fully saturated rings. The molecule has 11 heteroatoms. The number of benzene rings is 2. The van der Waals surface area contributed by atoms with Crippen LogP contribution in [0.1, 0.15) is 13.8 Å². The Kier molecular flexibility index (Phi) is 7.31. The molecule has 0 aliphatic rings. The van der Waals surface area contributed by atoms with Gasteiger partial charge in [-0.2, -0.15) is 0 Å². The molecule has 1 amide bonds. The maximum atomic E-state index is 12.4. The van der Waals surface area contributed by atoms with Gasteiger partial charge in [-0.25, -0.2) is 8.42 Å². The van der Waals surface area contributed by atoms with Crippen LogP contribution < -0.4 is 19.5 Å². The van der Waals surface area contributed by atoms with Crippen LogP contribution in [0.15, 0.2) is 51.8 Å². The van der Waals surface area contributed by atoms with Crippen molar-refractivity contribution >= 4 is 21.8 Å². The molecule has 3 aromatic rings. The van der Waals surface area contributed by atoms with E-state index in [2.05, 4.69) is 15.5 Å². The lowest BCUT2D eigenvalue weighted by Gasteiger charge is -2.11. The highest BCUT2D eigenvalue weighted by Gasteiger charge is 2.21. The number of amides is 1. The van der Waals surface area contributed by atoms with E-state index in [-0.39, 0.29) is 16.8 Å². The van der Waals surface area contributed by atoms with Gasteiger partial charge in [-0.3, -0.25) is 10.1 Å². The van der Waals surface area contributed by atoms with Crippen molar-refractivity contribution in [2.45, 2.75) is 18.7 Å². The first kappa shape index (κ1) is 23.1. The largest absolute Gasteiger partial charge is 0.497 e. The smallest absolute Gasteiger partial charge is 0.322 e. The molecule has 32 heavy (non-hydrogen) atoms. The summed E-state index contributed by atoms with van der Waals surface area (Å²) in [5, 5.41) is 9.97. The van der Waals surface area contributed by atoms with Crippen molar-refractivity contribution in [1.82, 2.24) is 10.2 Å². The van der Waals surface area contributed by atoms with Crippen LogP contribution in [0.25, 0.3) is 11.5 Å². The van der Waals surface area contributed by atoms with Gasteiger partial charge in [-0.05, 0) is 56.3 Å². The third-order valence-corrected chi connectivity index (χ3v) is 5.83. The molecule has 1 aromatic heterocycles. The van der Waals surface area contributed by atoms with Crippen molar-refractivity contribution in [3.05, 3.63) is 42.5 Å². The van der Waals surface area contributed by atoms with Crippen LogP contribution in [0, 0.1) is 0 Å². The van der Waals surface area contributed by atoms with Crippen LogP contribution in [-0.2, 0) is 14.6 Å². The van der Waals surface area contributed by atoms with Crippen LogP contribution in [0.2, 0.25) is 0 Å². The number of nitrogens with zero attached hydrogens (tertiary/aromatic N) is 2. The van der Waals surface area contributed by atoms with Crippen LogP contribution >= 0.6 is 0 Å². The highest BCUT2D eigenvalue weighted by Crippen LogP contribution is 2.32. The van der Waals surface area contributed by atoms with Crippen molar-refractivity contribution in [3.8, 4) is 28.7 Å². The molecular weight excluding hydrogens is 438 g/mol. The summed E-state index contributed by atoms with van der Waals surface area (Å²) < 4.78 is 46.5. The summed E-state index contributed by atoms with van der Waals surface area (Å²) in [4.78, 5) is 12.2. The Morgan fingerprint density at radius 3 is 2.34 bits per heavy atom. The zero-order chi connectivity index (χ0) is 23.1. The molecule has 1 N–H and O–H groups in total. The zero-order valence-electron chi connectivity index (χ0n) is 17.8. The molecule has 0 radical (unpaired) electrons. The number of nitrogens with one attached hydrogen (secondary N) is 1. The number of sulfone groups is 1. The predicted octanol–water partition coefficient (Wildman–Crippen LogP) is 2.96. The Morgan fingerprint density at radius 2 is 1.69 bits per heavy atom. The summed E-state index contributed by atoms with van der Waals surface area (Å²) in [7, 11) is -2.39. The van der Waals surface area contributed by atoms with Gasteiger partial charge in [0.1, 0.15) is 11.5 Å². The number of carbonyl (C=O) groups is 1. The average Bonchev–Trinajstić information content (AvgIpc) is 3.23. The molecule has 3 rings (SSSR count). The first-order valence-electron chi connectivity index (χ1n) is 9.76. The number of carbonyl (C=O) groups excluding carboxylic acids is 1. The molecule has 0 atom stereocenters. The first-order valence-corrected chi connectivity index (χ1v) is 11.4. The number of hydrogen-bond donors (Lipinski definition) is 1. The van der Waals surface area contributed by atoms with Gasteiger partial charge >= 0.3 is 6.01 Å². The maximum absolute atomic E-state index is 12.4. The summed E-state index contributed by atoms with van der Waals surface area (Å²) in [5.41, 5.74) is 0.552. The van der Waals surface area contributed by atoms with Gasteiger partial charge in [-0.15, -0.1) is 5.10 Å². The Bertz CT molecular complexity index is 1170. The number of hydrogen-bond acceptors (Lipinski definition) is 9. The van der Waals surface area contributed by atoms with E-state index in [0.29, 0.717) is 36.0 Å². The summed E-state index contributed by atoms with van der Waals surface area (Å²) in [6.45, 7) is 4.64. The standard InChI is InChI=1S/C21H23N3O7S/c1-4-29-17-11-6-14(12-18(17)30-5-2)20-23-24-21(31-20)22-19(25)13-32(26,27)16-9-7-15(28-3)8-10-16/h6-12H,4-5,13H2,1-3H3,(H,22,24,25). The fourth-order valence-electron chi connectivity index (χ4n) is 2.77. The summed E-state index contributed by atoms with van der Waals surface area (Å²) in [6, 6.07) is 10.6. The summed E-state index contributed by atoms with van der Waals surface area (Å²) >= 11 is 0. The van der Waals surface area contributed by atoms with E-state index in [1.165, 1.54) is 31.4 Å². The van der Waals surface area contributed by atoms with E-state index in [9.17, 15) is 13.2 Å². The molecule has 170 valence electrons. The second kappa shape index (κ2) is 10.1. The molecule has 1 heterocycles. The van der Waals surface area contributed by atoms with E-state index < -0.39 is 21.5 Å². The molecule has 0 spiro atoms. The van der Waals surface area contributed by atoms with Crippen molar-refractivity contribution in [2.75, 3.05) is 31.4 Å². The third kappa shape index (κ3) is 5.55. The molecular formula is C21H23N3O7S. The van der Waals surface area contributed by atoms with E-state index in [4.69, 9.17) is 18.6 Å². The van der Waals surface area contributed by atoms with Gasteiger partial charge in [-0.1, -0.05) is 5.10 Å². The lowest BCUT2D eigenvalue weighted by atomic mass is 10.2. The monoisotopic (exact) mass is 461 g/mol. The second-order valence-corrected chi connectivity index (χ2v) is 8.41. The molecule has 0 bridgehead atoms. The van der Waals surface area contributed by atoms with Crippen molar-refractivity contribution < 1.29 is 31.8 Å². The topological polar surface area (TPSA) is 130 Å². The SMILES string of the molecule is CCOc1ccc(-c2nnc(NC(=O)CS(=O)(=O)c3ccc(OC)cc3)o2)cc1OCC. The lowest BCUT2D eigenvalue weighted by Crippen LogP contribution is -2.23. The van der Waals surface area contributed by atoms with Gasteiger partial charge < -0.3 is 18.6 Å². The third-order valence-electron chi connectivity index (χ3n) is 4.20. The molecule has 2 aromatic carbocycles. The number of methoxy groups -OCH3 is 1. The normalized spacial score (nSPS) is 11.1. The van der Waals surface area contributed by atoms with Gasteiger partial charge in [0, 0.05) is 5.56 Å². The number of ether oxygens (including phenoxy) is 3. The quantitative estimate of drug-likeness (QED) is 0.484. The zero-order valence-corrected chi connectivity index (χ0v) is 18.6. The minimum atomic E-state index is -3.86. The van der Waals surface area contributed by atoms with E-state index in [0.717, 1.165) is 0 Å². The van der Waals surface area contributed by atoms with E-state index >= 15 is 0 Å². The van der Waals surface area contributed by atoms with Crippen molar-refractivity contribution in [1.29, 1.82) is 0 Å². The number of anilines is 1. The van der Waals surface area contributed by atoms with E-state index in [1.807, 2.05) is 13.8 Å². The van der Waals surface area contributed by atoms with Crippen molar-refractivity contribution in [2.24, 2.45) is 0 Å². The van der Waals surface area contributed by atoms with Gasteiger partial charge in [0.05, 0.1) is 25.2 Å². The van der Waals surface area contributed by atoms with E-state index in [1.54, 1.807) is 18.2 Å². The molecule has 0 aliphatic heterocycles. The highest BCUT2D eigenvalue weighted by atomic mass is 32.2. The fourth-order valence-corrected chi connectivity index (χ4v) is 3.90. The minimum absolute atomic E-state index is 0.00231. The molecule has 0 saturated carbocycles. The van der Waals surface area contributed by atoms with Gasteiger partial charge in [0.25, 0.3) is 0 Å². The van der Waals surface area contributed by atoms with Gasteiger partial charge in [0.15, 0.2) is 21.3 Å². The molecule has 0 aliphatic carbocycles. The van der Waals surface area contributed by atoms with Crippen LogP contribution in [0.5, 0.6) is 17.2 Å². The maximum Gasteiger partial charge on any atom is 0.322 e. The summed E-state index contributed by atoms with van der Waals surface area (Å²) in [6.07, 6.45) is 0. The average molecular weight is 461 g/mol. The fraction of sp³-hybridized carbons (Fsp3) is 0.286.